The van der Waals surface area contributed by atoms with E-state index in [9.17, 15) is 0 Å². The zero-order valence-electron chi connectivity index (χ0n) is 12.2. The van der Waals surface area contributed by atoms with Crippen molar-refractivity contribution < 1.29 is 4.74 Å². The van der Waals surface area contributed by atoms with Crippen LogP contribution in [0.25, 0.3) is 0 Å². The van der Waals surface area contributed by atoms with Crippen LogP contribution in [0.15, 0.2) is 24.3 Å². The van der Waals surface area contributed by atoms with Crippen LogP contribution in [0.3, 0.4) is 0 Å². The van der Waals surface area contributed by atoms with Gasteiger partial charge in [0.25, 0.3) is 0 Å². The van der Waals surface area contributed by atoms with Gasteiger partial charge >= 0.3 is 0 Å². The van der Waals surface area contributed by atoms with Crippen LogP contribution in [0.4, 0.5) is 0 Å². The Morgan fingerprint density at radius 1 is 1.28 bits per heavy atom. The van der Waals surface area contributed by atoms with E-state index >= 15 is 0 Å². The average molecular weight is 267 g/mol. The third kappa shape index (κ3) is 3.66. The molecule has 0 aliphatic heterocycles. The maximum atomic E-state index is 5.48. The summed E-state index contributed by atoms with van der Waals surface area (Å²) in [5.41, 5.74) is 1.23. The topological polar surface area (TPSA) is 12.5 Å². The van der Waals surface area contributed by atoms with Crippen LogP contribution < -0.4 is 4.74 Å². The molecule has 0 unspecified atom stereocenters. The lowest BCUT2D eigenvalue weighted by Crippen LogP contribution is -2.40. The molecule has 1 rings (SSSR count). The first-order valence-electron chi connectivity index (χ1n) is 6.46. The van der Waals surface area contributed by atoms with Gasteiger partial charge in [0.1, 0.15) is 5.75 Å². The Labute approximate surface area is 116 Å². The maximum absolute atomic E-state index is 5.48. The lowest BCUT2D eigenvalue weighted by Gasteiger charge is -2.37. The summed E-state index contributed by atoms with van der Waals surface area (Å²) >= 11 is 1.98. The minimum absolute atomic E-state index is 0.0130. The van der Waals surface area contributed by atoms with Crippen LogP contribution >= 0.6 is 11.8 Å². The van der Waals surface area contributed by atoms with Gasteiger partial charge in [-0.15, -0.1) is 0 Å². The molecule has 1 aromatic rings. The van der Waals surface area contributed by atoms with Crippen molar-refractivity contribution in [2.75, 3.05) is 32.2 Å². The van der Waals surface area contributed by atoms with Crippen molar-refractivity contribution in [1.29, 1.82) is 0 Å². The highest BCUT2D eigenvalue weighted by Crippen LogP contribution is 2.33. The van der Waals surface area contributed by atoms with Crippen LogP contribution in [0.5, 0.6) is 5.75 Å². The summed E-state index contributed by atoms with van der Waals surface area (Å²) in [6, 6.07) is 8.29. The second-order valence-electron chi connectivity index (χ2n) is 4.88. The third-order valence-corrected chi connectivity index (χ3v) is 4.38. The van der Waals surface area contributed by atoms with Gasteiger partial charge in [0, 0.05) is 23.4 Å². The van der Waals surface area contributed by atoms with E-state index in [-0.39, 0.29) is 5.54 Å². The Bertz CT molecular complexity index is 365. The van der Waals surface area contributed by atoms with Gasteiger partial charge in [0.2, 0.25) is 0 Å². The predicted molar refractivity (Wildman–Crippen MR) is 81.6 cm³/mol. The molecule has 102 valence electrons. The fourth-order valence-electron chi connectivity index (χ4n) is 1.98. The Morgan fingerprint density at radius 3 is 2.56 bits per heavy atom. The number of hydrogen-bond donors (Lipinski definition) is 0. The van der Waals surface area contributed by atoms with Crippen LogP contribution in [0.1, 0.15) is 26.3 Å². The second-order valence-corrected chi connectivity index (χ2v) is 6.27. The number of methoxy groups -OCH3 is 1. The highest BCUT2D eigenvalue weighted by atomic mass is 32.2. The molecule has 3 heteroatoms. The van der Waals surface area contributed by atoms with Crippen molar-refractivity contribution in [2.45, 2.75) is 26.3 Å². The molecule has 0 radical (unpaired) electrons. The average Bonchev–Trinajstić information content (AvgIpc) is 2.38. The molecule has 0 saturated carbocycles. The molecular formula is C15H25NOS. The molecular weight excluding hydrogens is 242 g/mol. The SMILES string of the molecule is CCSCCN(C)C(C)(C)c1ccccc1OC. The Morgan fingerprint density at radius 2 is 1.94 bits per heavy atom. The monoisotopic (exact) mass is 267 g/mol. The normalized spacial score (nSPS) is 11.9. The van der Waals surface area contributed by atoms with E-state index in [1.54, 1.807) is 7.11 Å². The molecule has 0 saturated heterocycles. The minimum atomic E-state index is -0.0130. The van der Waals surface area contributed by atoms with Gasteiger partial charge in [-0.05, 0) is 32.7 Å². The van der Waals surface area contributed by atoms with Crippen molar-refractivity contribution in [3.63, 3.8) is 0 Å². The fraction of sp³-hybridized carbons (Fsp3) is 0.600. The largest absolute Gasteiger partial charge is 0.496 e. The molecule has 18 heavy (non-hydrogen) atoms. The Hall–Kier alpha value is -0.670. The molecule has 0 aromatic heterocycles. The molecule has 1 aromatic carbocycles. The molecule has 0 amide bonds. The van der Waals surface area contributed by atoms with E-state index in [4.69, 9.17) is 4.74 Å². The van der Waals surface area contributed by atoms with E-state index < -0.39 is 0 Å². The van der Waals surface area contributed by atoms with Gasteiger partial charge in [-0.1, -0.05) is 25.1 Å². The number of benzene rings is 1. The summed E-state index contributed by atoms with van der Waals surface area (Å²) in [6.07, 6.45) is 0. The maximum Gasteiger partial charge on any atom is 0.123 e. The minimum Gasteiger partial charge on any atom is -0.496 e. The molecule has 0 heterocycles. The zero-order valence-corrected chi connectivity index (χ0v) is 13.0. The summed E-state index contributed by atoms with van der Waals surface area (Å²) in [5.74, 6) is 3.33. The number of nitrogens with zero attached hydrogens (tertiary/aromatic N) is 1. The van der Waals surface area contributed by atoms with Crippen molar-refractivity contribution >= 4 is 11.8 Å². The van der Waals surface area contributed by atoms with E-state index in [1.807, 2.05) is 23.9 Å². The Balaban J connectivity index is 2.83. The first-order chi connectivity index (χ1) is 8.54. The number of rotatable bonds is 7. The van der Waals surface area contributed by atoms with Crippen molar-refractivity contribution in [3.05, 3.63) is 29.8 Å². The molecule has 0 bridgehead atoms. The second kappa shape index (κ2) is 7.05. The standard InChI is InChI=1S/C15H25NOS/c1-6-18-12-11-16(4)15(2,3)13-9-7-8-10-14(13)17-5/h7-10H,6,11-12H2,1-5H3. The number of thioether (sulfide) groups is 1. The van der Waals surface area contributed by atoms with Crippen LogP contribution in [0, 0.1) is 0 Å². The summed E-state index contributed by atoms with van der Waals surface area (Å²) in [7, 11) is 3.92. The third-order valence-electron chi connectivity index (χ3n) is 3.50. The number of para-hydroxylation sites is 1. The molecule has 0 aliphatic rings. The lowest BCUT2D eigenvalue weighted by atomic mass is 9.92. The van der Waals surface area contributed by atoms with Gasteiger partial charge < -0.3 is 4.74 Å². The first kappa shape index (κ1) is 15.4. The van der Waals surface area contributed by atoms with Gasteiger partial charge in [-0.3, -0.25) is 4.90 Å². The smallest absolute Gasteiger partial charge is 0.123 e. The highest BCUT2D eigenvalue weighted by Gasteiger charge is 2.28. The summed E-state index contributed by atoms with van der Waals surface area (Å²) in [4.78, 5) is 2.40. The highest BCUT2D eigenvalue weighted by molar-refractivity contribution is 7.99. The van der Waals surface area contributed by atoms with Gasteiger partial charge in [-0.25, -0.2) is 0 Å². The van der Waals surface area contributed by atoms with Crippen molar-refractivity contribution in [3.8, 4) is 5.75 Å². The predicted octanol–water partition coefficient (Wildman–Crippen LogP) is 3.62. The quantitative estimate of drug-likeness (QED) is 0.700. The van der Waals surface area contributed by atoms with Crippen molar-refractivity contribution in [1.82, 2.24) is 4.90 Å². The van der Waals surface area contributed by atoms with E-state index in [0.717, 1.165) is 12.3 Å². The molecule has 0 fully saturated rings. The van der Waals surface area contributed by atoms with E-state index in [2.05, 4.69) is 44.9 Å². The zero-order chi connectivity index (χ0) is 13.6. The number of ether oxygens (including phenoxy) is 1. The van der Waals surface area contributed by atoms with E-state index in [1.165, 1.54) is 17.1 Å². The fourth-order valence-corrected chi connectivity index (χ4v) is 2.67. The summed E-state index contributed by atoms with van der Waals surface area (Å²) in [5, 5.41) is 0. The molecule has 0 atom stereocenters. The Kier molecular flexibility index (Phi) is 6.03. The molecule has 0 aliphatic carbocycles. The van der Waals surface area contributed by atoms with Gasteiger partial charge in [-0.2, -0.15) is 11.8 Å². The summed E-state index contributed by atoms with van der Waals surface area (Å²) < 4.78 is 5.48. The van der Waals surface area contributed by atoms with Gasteiger partial charge in [0.05, 0.1) is 7.11 Å². The lowest BCUT2D eigenvalue weighted by molar-refractivity contribution is 0.163. The van der Waals surface area contributed by atoms with Crippen molar-refractivity contribution in [2.24, 2.45) is 0 Å². The van der Waals surface area contributed by atoms with Crippen LogP contribution in [0.2, 0.25) is 0 Å². The molecule has 0 N–H and O–H groups in total. The van der Waals surface area contributed by atoms with Crippen LogP contribution in [-0.2, 0) is 5.54 Å². The number of hydrogen-bond acceptors (Lipinski definition) is 3. The molecule has 2 nitrogen and oxygen atoms in total. The van der Waals surface area contributed by atoms with E-state index in [0.29, 0.717) is 0 Å². The van der Waals surface area contributed by atoms with Gasteiger partial charge in [0.15, 0.2) is 0 Å². The first-order valence-corrected chi connectivity index (χ1v) is 7.62. The van der Waals surface area contributed by atoms with Crippen LogP contribution in [-0.4, -0.2) is 37.1 Å². The molecule has 0 spiro atoms. The summed E-state index contributed by atoms with van der Waals surface area (Å²) in [6.45, 7) is 7.79.